The van der Waals surface area contributed by atoms with E-state index in [-0.39, 0.29) is 5.88 Å². The third-order valence-electron chi connectivity index (χ3n) is 3.90. The van der Waals surface area contributed by atoms with Crippen LogP contribution < -0.4 is 14.8 Å². The number of aromatic amines is 1. The first-order chi connectivity index (χ1) is 14.1. The molecule has 0 spiro atoms. The van der Waals surface area contributed by atoms with Crippen LogP contribution >= 0.6 is 11.6 Å². The summed E-state index contributed by atoms with van der Waals surface area (Å²) in [7, 11) is 0. The lowest BCUT2D eigenvalue weighted by molar-refractivity contribution is -0.00261. The van der Waals surface area contributed by atoms with E-state index < -0.39 is 6.29 Å². The molecule has 1 atom stereocenters. The fraction of sp³-hybridized carbons (Fsp3) is 0.158. The highest BCUT2D eigenvalue weighted by Crippen LogP contribution is 2.33. The maximum Gasteiger partial charge on any atom is 0.248 e. The number of benzene rings is 1. The molecule has 10 heteroatoms. The van der Waals surface area contributed by atoms with Crippen molar-refractivity contribution in [3.8, 4) is 11.6 Å². The second-order valence-corrected chi connectivity index (χ2v) is 6.48. The predicted octanol–water partition coefficient (Wildman–Crippen LogP) is 3.44. The van der Waals surface area contributed by atoms with Crippen LogP contribution in [0.5, 0.6) is 11.6 Å². The number of H-pyrrole nitrogens is 1. The number of ether oxygens (including phenoxy) is 2. The number of nitrogens with zero attached hydrogens (tertiary/aromatic N) is 4. The summed E-state index contributed by atoms with van der Waals surface area (Å²) in [6.07, 6.45) is 2.07. The van der Waals surface area contributed by atoms with E-state index in [4.69, 9.17) is 21.1 Å². The molecule has 0 saturated carbocycles. The van der Waals surface area contributed by atoms with Gasteiger partial charge in [0.05, 0.1) is 10.7 Å². The molecule has 148 valence electrons. The van der Waals surface area contributed by atoms with Gasteiger partial charge in [0.1, 0.15) is 29.9 Å². The van der Waals surface area contributed by atoms with Gasteiger partial charge in [-0.25, -0.2) is 9.97 Å². The normalized spacial score (nSPS) is 12.0. The molecule has 3 heterocycles. The Hall–Kier alpha value is -3.43. The molecule has 9 nitrogen and oxygen atoms in total. The molecule has 0 aliphatic carbocycles. The van der Waals surface area contributed by atoms with Gasteiger partial charge in [0.15, 0.2) is 11.9 Å². The van der Waals surface area contributed by atoms with E-state index in [1.54, 1.807) is 18.3 Å². The zero-order valence-corrected chi connectivity index (χ0v) is 16.1. The number of hydrogen-bond acceptors (Lipinski definition) is 8. The summed E-state index contributed by atoms with van der Waals surface area (Å²) >= 11 is 6.36. The summed E-state index contributed by atoms with van der Waals surface area (Å²) < 4.78 is 11.0. The number of aliphatic hydroxyl groups is 1. The van der Waals surface area contributed by atoms with Crippen molar-refractivity contribution in [3.63, 3.8) is 0 Å². The fourth-order valence-electron chi connectivity index (χ4n) is 2.64. The molecule has 0 saturated heterocycles. The van der Waals surface area contributed by atoms with Crippen LogP contribution in [0.2, 0.25) is 5.02 Å². The van der Waals surface area contributed by atoms with E-state index in [2.05, 4.69) is 30.5 Å². The molecular formula is C19H17ClN6O3. The molecule has 3 aromatic heterocycles. The van der Waals surface area contributed by atoms with Crippen molar-refractivity contribution in [2.24, 2.45) is 0 Å². The lowest BCUT2D eigenvalue weighted by Gasteiger charge is -2.11. The van der Waals surface area contributed by atoms with E-state index in [0.29, 0.717) is 39.9 Å². The van der Waals surface area contributed by atoms with Crippen LogP contribution in [0.1, 0.15) is 12.6 Å². The molecule has 0 bridgehead atoms. The first kappa shape index (κ1) is 18.9. The summed E-state index contributed by atoms with van der Waals surface area (Å²) in [6.45, 7) is 1.80. The molecule has 0 aliphatic heterocycles. The Bertz CT molecular complexity index is 1120. The molecular weight excluding hydrogens is 396 g/mol. The van der Waals surface area contributed by atoms with Gasteiger partial charge >= 0.3 is 0 Å². The van der Waals surface area contributed by atoms with Gasteiger partial charge in [0, 0.05) is 11.9 Å². The third-order valence-corrected chi connectivity index (χ3v) is 4.20. The molecule has 4 rings (SSSR count). The van der Waals surface area contributed by atoms with Gasteiger partial charge in [-0.1, -0.05) is 17.7 Å². The summed E-state index contributed by atoms with van der Waals surface area (Å²) in [4.78, 5) is 12.6. The maximum atomic E-state index is 9.49. The van der Waals surface area contributed by atoms with E-state index in [0.717, 1.165) is 5.69 Å². The Morgan fingerprint density at radius 1 is 1.21 bits per heavy atom. The molecule has 4 aromatic rings. The van der Waals surface area contributed by atoms with Crippen molar-refractivity contribution >= 4 is 34.1 Å². The van der Waals surface area contributed by atoms with Gasteiger partial charge in [0.2, 0.25) is 5.88 Å². The Kier molecular flexibility index (Phi) is 5.41. The average Bonchev–Trinajstić information content (AvgIpc) is 3.11. The number of aliphatic hydroxyl groups excluding tert-OH is 1. The highest BCUT2D eigenvalue weighted by atomic mass is 35.5. The lowest BCUT2D eigenvalue weighted by Crippen LogP contribution is -2.10. The monoisotopic (exact) mass is 412 g/mol. The van der Waals surface area contributed by atoms with E-state index in [1.165, 1.54) is 13.3 Å². The molecule has 0 amide bonds. The highest BCUT2D eigenvalue weighted by Gasteiger charge is 2.16. The van der Waals surface area contributed by atoms with Crippen molar-refractivity contribution in [1.82, 2.24) is 25.1 Å². The van der Waals surface area contributed by atoms with Crippen molar-refractivity contribution in [3.05, 3.63) is 59.6 Å². The maximum absolute atomic E-state index is 9.49. The summed E-state index contributed by atoms with van der Waals surface area (Å²) in [5.74, 6) is 1.19. The average molecular weight is 413 g/mol. The minimum Gasteiger partial charge on any atom is -0.486 e. The number of nitrogens with one attached hydrogen (secondary N) is 2. The summed E-state index contributed by atoms with van der Waals surface area (Å²) in [5.41, 5.74) is 1.96. The fourth-order valence-corrected chi connectivity index (χ4v) is 2.88. The van der Waals surface area contributed by atoms with Crippen molar-refractivity contribution in [2.45, 2.75) is 19.8 Å². The number of anilines is 2. The first-order valence-corrected chi connectivity index (χ1v) is 9.11. The van der Waals surface area contributed by atoms with Crippen molar-refractivity contribution < 1.29 is 14.6 Å². The van der Waals surface area contributed by atoms with Crippen LogP contribution in [0.15, 0.2) is 48.9 Å². The molecule has 0 radical (unpaired) electrons. The van der Waals surface area contributed by atoms with Crippen LogP contribution in [0.4, 0.5) is 11.5 Å². The van der Waals surface area contributed by atoms with Crippen LogP contribution in [0.3, 0.4) is 0 Å². The van der Waals surface area contributed by atoms with Crippen molar-refractivity contribution in [1.29, 1.82) is 0 Å². The van der Waals surface area contributed by atoms with Crippen LogP contribution in [0.25, 0.3) is 11.0 Å². The topological polar surface area (TPSA) is 118 Å². The number of hydrogen-bond donors (Lipinski definition) is 3. The minimum atomic E-state index is -1.03. The number of halogens is 1. The van der Waals surface area contributed by atoms with Crippen molar-refractivity contribution in [2.75, 3.05) is 5.32 Å². The quantitative estimate of drug-likeness (QED) is 0.395. The number of fused-ring (bicyclic) bond motifs is 1. The zero-order valence-electron chi connectivity index (χ0n) is 15.3. The first-order valence-electron chi connectivity index (χ1n) is 8.73. The van der Waals surface area contributed by atoms with Crippen LogP contribution in [-0.2, 0) is 6.61 Å². The summed E-state index contributed by atoms with van der Waals surface area (Å²) in [5, 5.41) is 20.4. The van der Waals surface area contributed by atoms with Crippen LogP contribution in [-0.4, -0.2) is 36.5 Å². The largest absolute Gasteiger partial charge is 0.486 e. The highest BCUT2D eigenvalue weighted by molar-refractivity contribution is 6.32. The zero-order chi connectivity index (χ0) is 20.2. The third kappa shape index (κ3) is 4.36. The van der Waals surface area contributed by atoms with Gasteiger partial charge in [-0.2, -0.15) is 0 Å². The molecule has 0 fully saturated rings. The number of rotatable bonds is 7. The Balaban J connectivity index is 1.54. The SMILES string of the molecule is CC(O)Oc1n[nH]c2ncnc(Nc3ccc(OCc4ccccn4)c(Cl)c3)c12. The molecule has 1 aromatic carbocycles. The minimum absolute atomic E-state index is 0.194. The molecule has 3 N–H and O–H groups in total. The second-order valence-electron chi connectivity index (χ2n) is 6.07. The predicted molar refractivity (Wildman–Crippen MR) is 107 cm³/mol. The van der Waals surface area contributed by atoms with E-state index >= 15 is 0 Å². The lowest BCUT2D eigenvalue weighted by atomic mass is 10.3. The molecule has 1 unspecified atom stereocenters. The number of pyridine rings is 1. The second kappa shape index (κ2) is 8.29. The standard InChI is InChI=1S/C19H17ClN6O3/c1-11(27)29-19-16-17(22-10-23-18(16)25-26-19)24-12-5-6-15(14(20)8-12)28-9-13-4-2-3-7-21-13/h2-8,10-11,27H,9H2,1H3,(H2,22,23,24,25,26). The Morgan fingerprint density at radius 3 is 2.86 bits per heavy atom. The van der Waals surface area contributed by atoms with Gasteiger partial charge in [-0.3, -0.25) is 10.1 Å². The Morgan fingerprint density at radius 2 is 2.10 bits per heavy atom. The van der Waals surface area contributed by atoms with E-state index in [9.17, 15) is 5.11 Å². The van der Waals surface area contributed by atoms with Gasteiger partial charge in [0.25, 0.3) is 0 Å². The van der Waals surface area contributed by atoms with Gasteiger partial charge in [-0.05, 0) is 37.3 Å². The van der Waals surface area contributed by atoms with E-state index in [1.807, 2.05) is 24.3 Å². The van der Waals surface area contributed by atoms with Gasteiger partial charge < -0.3 is 19.9 Å². The summed E-state index contributed by atoms with van der Waals surface area (Å²) in [6, 6.07) is 10.9. The van der Waals surface area contributed by atoms with Crippen LogP contribution in [0, 0.1) is 0 Å². The molecule has 29 heavy (non-hydrogen) atoms. The Labute approximate surface area is 170 Å². The smallest absolute Gasteiger partial charge is 0.248 e. The van der Waals surface area contributed by atoms with Gasteiger partial charge in [-0.15, -0.1) is 5.10 Å². The molecule has 0 aliphatic rings. The number of aromatic nitrogens is 5.